The summed E-state index contributed by atoms with van der Waals surface area (Å²) in [4.78, 5) is 17.7. The molecule has 0 radical (unpaired) electrons. The molecule has 3 heterocycles. The van der Waals surface area contributed by atoms with Gasteiger partial charge in [0.15, 0.2) is 5.11 Å². The van der Waals surface area contributed by atoms with Gasteiger partial charge in [-0.2, -0.15) is 0 Å². The summed E-state index contributed by atoms with van der Waals surface area (Å²) in [6, 6.07) is 9.88. The van der Waals surface area contributed by atoms with E-state index in [2.05, 4.69) is 33.0 Å². The lowest BCUT2D eigenvalue weighted by atomic mass is 9.89. The van der Waals surface area contributed by atoms with E-state index < -0.39 is 6.09 Å². The second kappa shape index (κ2) is 9.95. The van der Waals surface area contributed by atoms with Crippen molar-refractivity contribution < 1.29 is 13.9 Å². The molecule has 0 spiro atoms. The Kier molecular flexibility index (Phi) is 6.80. The van der Waals surface area contributed by atoms with Gasteiger partial charge in [-0.25, -0.2) is 9.18 Å². The van der Waals surface area contributed by atoms with E-state index in [-0.39, 0.29) is 17.8 Å². The quantitative estimate of drug-likeness (QED) is 0.570. The summed E-state index contributed by atoms with van der Waals surface area (Å²) in [5, 5.41) is 9.01. The van der Waals surface area contributed by atoms with Crippen LogP contribution in [0.15, 0.2) is 35.7 Å². The summed E-state index contributed by atoms with van der Waals surface area (Å²) in [6.07, 6.45) is 3.39. The van der Waals surface area contributed by atoms with Gasteiger partial charge in [0.1, 0.15) is 11.9 Å². The molecule has 0 bridgehead atoms. The summed E-state index contributed by atoms with van der Waals surface area (Å²) < 4.78 is 20.5. The number of benzene rings is 1. The topological polar surface area (TPSA) is 56.8 Å². The van der Waals surface area contributed by atoms with Crippen molar-refractivity contribution in [3.8, 4) is 0 Å². The zero-order chi connectivity index (χ0) is 22.8. The highest BCUT2D eigenvalue weighted by Gasteiger charge is 2.33. The van der Waals surface area contributed by atoms with Crippen LogP contribution < -0.4 is 15.5 Å². The van der Waals surface area contributed by atoms with Crippen LogP contribution >= 0.6 is 23.6 Å². The predicted molar refractivity (Wildman–Crippen MR) is 132 cm³/mol. The monoisotopic (exact) mass is 488 g/mol. The molecule has 1 saturated carbocycles. The van der Waals surface area contributed by atoms with Gasteiger partial charge in [-0.3, -0.25) is 9.80 Å². The average Bonchev–Trinajstić information content (AvgIpc) is 3.31. The molecule has 1 atom stereocenters. The van der Waals surface area contributed by atoms with Crippen molar-refractivity contribution in [2.45, 2.75) is 50.3 Å². The van der Waals surface area contributed by atoms with Crippen molar-refractivity contribution in [1.82, 2.24) is 15.5 Å². The molecule has 33 heavy (non-hydrogen) atoms. The molecule has 2 saturated heterocycles. The zero-order valence-corrected chi connectivity index (χ0v) is 20.1. The van der Waals surface area contributed by atoms with E-state index >= 15 is 4.39 Å². The number of rotatable bonds is 7. The second-order valence-electron chi connectivity index (χ2n) is 9.08. The molecular formula is C24H29FN4O2S2. The van der Waals surface area contributed by atoms with E-state index in [9.17, 15) is 4.79 Å². The van der Waals surface area contributed by atoms with E-state index in [0.29, 0.717) is 29.9 Å². The van der Waals surface area contributed by atoms with Crippen molar-refractivity contribution >= 4 is 40.4 Å². The Morgan fingerprint density at radius 3 is 2.73 bits per heavy atom. The van der Waals surface area contributed by atoms with Gasteiger partial charge in [0, 0.05) is 17.5 Å². The molecular weight excluding hydrogens is 459 g/mol. The molecule has 1 amide bonds. The maximum absolute atomic E-state index is 15.1. The highest BCUT2D eigenvalue weighted by molar-refractivity contribution is 7.80. The van der Waals surface area contributed by atoms with Gasteiger partial charge in [0.2, 0.25) is 0 Å². The Bertz CT molecular complexity index is 990. The molecule has 6 nitrogen and oxygen atoms in total. The number of piperidine rings is 1. The van der Waals surface area contributed by atoms with Crippen LogP contribution in [-0.4, -0.2) is 54.4 Å². The summed E-state index contributed by atoms with van der Waals surface area (Å²) in [5.41, 5.74) is 1.29. The first-order chi connectivity index (χ1) is 16.0. The Morgan fingerprint density at radius 1 is 1.21 bits per heavy atom. The number of amides is 1. The number of hydrogen-bond donors (Lipinski definition) is 2. The summed E-state index contributed by atoms with van der Waals surface area (Å²) >= 11 is 7.04. The van der Waals surface area contributed by atoms with Crippen LogP contribution in [0.5, 0.6) is 0 Å². The Labute approximate surface area is 203 Å². The van der Waals surface area contributed by atoms with E-state index in [1.54, 1.807) is 11.3 Å². The molecule has 1 aromatic carbocycles. The van der Waals surface area contributed by atoms with Crippen molar-refractivity contribution in [2.24, 2.45) is 0 Å². The lowest BCUT2D eigenvalue weighted by Gasteiger charge is -2.32. The molecule has 176 valence electrons. The minimum atomic E-state index is -0.447. The van der Waals surface area contributed by atoms with Crippen molar-refractivity contribution in [1.29, 1.82) is 0 Å². The molecule has 3 fully saturated rings. The number of carbonyl (C=O) groups is 1. The molecule has 5 rings (SSSR count). The normalized spacial score (nSPS) is 21.8. The fraction of sp³-hybridized carbons (Fsp3) is 0.500. The number of anilines is 1. The van der Waals surface area contributed by atoms with E-state index in [1.165, 1.54) is 15.8 Å². The molecule has 1 aromatic heterocycles. The van der Waals surface area contributed by atoms with Crippen LogP contribution in [0.3, 0.4) is 0 Å². The summed E-state index contributed by atoms with van der Waals surface area (Å²) in [7, 11) is 0. The number of nitrogens with one attached hydrogen (secondary N) is 2. The van der Waals surface area contributed by atoms with E-state index in [4.69, 9.17) is 17.0 Å². The summed E-state index contributed by atoms with van der Waals surface area (Å²) in [6.45, 7) is 3.71. The molecule has 2 aliphatic heterocycles. The molecule has 2 aromatic rings. The minimum absolute atomic E-state index is 0.209. The fourth-order valence-corrected chi connectivity index (χ4v) is 5.55. The number of cyclic esters (lactones) is 1. The van der Waals surface area contributed by atoms with Gasteiger partial charge in [-0.15, -0.1) is 11.3 Å². The van der Waals surface area contributed by atoms with Crippen LogP contribution in [0, 0.1) is 5.82 Å². The van der Waals surface area contributed by atoms with Crippen molar-refractivity contribution in [3.63, 3.8) is 0 Å². The fourth-order valence-electron chi connectivity index (χ4n) is 4.55. The largest absolute Gasteiger partial charge is 0.442 e. The van der Waals surface area contributed by atoms with Gasteiger partial charge in [0.25, 0.3) is 0 Å². The van der Waals surface area contributed by atoms with Crippen molar-refractivity contribution in [2.75, 3.05) is 31.1 Å². The van der Waals surface area contributed by atoms with Crippen molar-refractivity contribution in [3.05, 3.63) is 52.0 Å². The maximum Gasteiger partial charge on any atom is 0.414 e. The SMILES string of the molecule is O=C1O[C@@H](CNC(=S)NC2CC2)CN1c1ccc(C2CCN(Cc3cccs3)CC2)c(F)c1. The Morgan fingerprint density at radius 2 is 2.03 bits per heavy atom. The van der Waals surface area contributed by atoms with Gasteiger partial charge >= 0.3 is 6.09 Å². The molecule has 2 N–H and O–H groups in total. The van der Waals surface area contributed by atoms with Crippen LogP contribution in [0.1, 0.15) is 42.0 Å². The number of halogens is 1. The van der Waals surface area contributed by atoms with Gasteiger partial charge in [0.05, 0.1) is 18.8 Å². The number of thiophene rings is 1. The van der Waals surface area contributed by atoms with Crippen LogP contribution in [0.25, 0.3) is 0 Å². The molecule has 1 aliphatic carbocycles. The lowest BCUT2D eigenvalue weighted by molar-refractivity contribution is 0.143. The first-order valence-corrected chi connectivity index (χ1v) is 12.9. The van der Waals surface area contributed by atoms with Gasteiger partial charge < -0.3 is 15.4 Å². The Balaban J connectivity index is 1.14. The predicted octanol–water partition coefficient (Wildman–Crippen LogP) is 4.22. The van der Waals surface area contributed by atoms with Crippen LogP contribution in [0.2, 0.25) is 0 Å². The lowest BCUT2D eigenvalue weighted by Crippen LogP contribution is -2.41. The number of hydrogen-bond acceptors (Lipinski definition) is 5. The first kappa shape index (κ1) is 22.6. The third-order valence-corrected chi connectivity index (χ3v) is 7.68. The first-order valence-electron chi connectivity index (χ1n) is 11.6. The number of carbonyl (C=O) groups excluding carboxylic acids is 1. The number of likely N-dealkylation sites (tertiary alicyclic amines) is 1. The summed E-state index contributed by atoms with van der Waals surface area (Å²) in [5.74, 6) is -0.0329. The third kappa shape index (κ3) is 5.65. The minimum Gasteiger partial charge on any atom is -0.442 e. The molecule has 3 aliphatic rings. The highest BCUT2D eigenvalue weighted by Crippen LogP contribution is 2.33. The standard InChI is InChI=1S/C24H29FN4O2S2/c25-22-12-18(29-14-19(31-24(29)30)13-26-23(32)27-17-3-4-17)5-6-21(22)16-7-9-28(10-8-16)15-20-2-1-11-33-20/h1-2,5-6,11-12,16-17,19H,3-4,7-10,13-15H2,(H2,26,27,32)/t19-/m0/s1. The smallest absolute Gasteiger partial charge is 0.414 e. The maximum atomic E-state index is 15.1. The van der Waals surface area contributed by atoms with E-state index in [1.807, 2.05) is 12.1 Å². The number of ether oxygens (including phenoxy) is 1. The van der Waals surface area contributed by atoms with E-state index in [0.717, 1.165) is 50.9 Å². The van der Waals surface area contributed by atoms with Gasteiger partial charge in [-0.05, 0) is 86.1 Å². The molecule has 9 heteroatoms. The number of thiocarbonyl (C=S) groups is 1. The Hall–Kier alpha value is -2.23. The highest BCUT2D eigenvalue weighted by atomic mass is 32.1. The second-order valence-corrected chi connectivity index (χ2v) is 10.5. The van der Waals surface area contributed by atoms with Crippen LogP contribution in [0.4, 0.5) is 14.9 Å². The number of nitrogens with zero attached hydrogens (tertiary/aromatic N) is 2. The molecule has 0 unspecified atom stereocenters. The van der Waals surface area contributed by atoms with Gasteiger partial charge in [-0.1, -0.05) is 12.1 Å². The van der Waals surface area contributed by atoms with Crippen LogP contribution in [-0.2, 0) is 11.3 Å². The average molecular weight is 489 g/mol. The zero-order valence-electron chi connectivity index (χ0n) is 18.5. The third-order valence-electron chi connectivity index (χ3n) is 6.56.